The molecule has 0 bridgehead atoms. The topological polar surface area (TPSA) is 214 Å². The highest BCUT2D eigenvalue weighted by atomic mass is 19.4. The molecule has 2 rings (SSSR count). The maximum Gasteiger partial charge on any atom is 0.490 e. The lowest BCUT2D eigenvalue weighted by molar-refractivity contribution is -0.193. The maximum absolute atomic E-state index is 10.6. The fourth-order valence-corrected chi connectivity index (χ4v) is 0.901. The fraction of sp³-hybridized carbons (Fsp3) is 0.333. The summed E-state index contributed by atoms with van der Waals surface area (Å²) in [6.45, 7) is 0.316. The maximum atomic E-state index is 10.6. The summed E-state index contributed by atoms with van der Waals surface area (Å²) in [5.74, 6) is -10.5. The summed E-state index contributed by atoms with van der Waals surface area (Å²) < 4.78 is 132. The second-order valence-corrected chi connectivity index (χ2v) is 5.35. The number of fused-ring (bicyclic) bond motifs is 1. The lowest BCUT2D eigenvalue weighted by Gasteiger charge is -1.93. The Balaban J connectivity index is -0.000000424. The average molecular weight is 605 g/mol. The van der Waals surface area contributed by atoms with Gasteiger partial charge < -0.3 is 30.6 Å². The normalized spacial score (nSPS) is 11.1. The number of aliphatic carboxylic acids is 4. The van der Waals surface area contributed by atoms with E-state index < -0.39 is 48.6 Å². The minimum Gasteiger partial charge on any atom is -0.475 e. The number of nitrogens with zero attached hydrogens (tertiary/aromatic N) is 2. The number of aromatic nitrogens is 2. The van der Waals surface area contributed by atoms with E-state index in [2.05, 4.69) is 9.97 Å². The van der Waals surface area contributed by atoms with E-state index in [4.69, 9.17) is 49.8 Å². The van der Waals surface area contributed by atoms with Crippen molar-refractivity contribution in [2.45, 2.75) is 31.2 Å². The van der Waals surface area contributed by atoms with E-state index in [1.54, 1.807) is 12.3 Å². The molecule has 2 aromatic heterocycles. The Morgan fingerprint density at radius 2 is 0.974 bits per heavy atom. The first-order valence-electron chi connectivity index (χ1n) is 8.28. The standard InChI is InChI=1S/C7H7N3O.4C2HF3O2/c8-4-6-10-7-5(11-6)2-1-3-9-7;4*3-2(4,5)1(6)7/h1-3H,4,8H2;4*(H,6,7). The van der Waals surface area contributed by atoms with Crippen LogP contribution >= 0.6 is 0 Å². The van der Waals surface area contributed by atoms with Crippen LogP contribution in [0.1, 0.15) is 5.89 Å². The predicted molar refractivity (Wildman–Crippen MR) is 94.5 cm³/mol. The Labute approximate surface area is 204 Å². The molecule has 0 amide bonds. The van der Waals surface area contributed by atoms with Gasteiger partial charge in [-0.1, -0.05) is 0 Å². The summed E-state index contributed by atoms with van der Waals surface area (Å²) in [6, 6.07) is 3.61. The third kappa shape index (κ3) is 20.4. The van der Waals surface area contributed by atoms with Crippen molar-refractivity contribution in [2.24, 2.45) is 5.73 Å². The Morgan fingerprint density at radius 1 is 0.692 bits per heavy atom. The number of oxazole rings is 1. The van der Waals surface area contributed by atoms with E-state index >= 15 is 0 Å². The number of rotatable bonds is 1. The van der Waals surface area contributed by atoms with E-state index in [1.807, 2.05) is 6.07 Å². The monoisotopic (exact) mass is 605 g/mol. The molecular weight excluding hydrogens is 594 g/mol. The molecular formula is C15H11F12N3O9. The fourth-order valence-electron chi connectivity index (χ4n) is 0.901. The second-order valence-electron chi connectivity index (χ2n) is 5.35. The number of pyridine rings is 1. The van der Waals surface area contributed by atoms with Crippen LogP contribution in [0.4, 0.5) is 52.7 Å². The Hall–Kier alpha value is -4.38. The quantitative estimate of drug-likeness (QED) is 0.297. The van der Waals surface area contributed by atoms with Gasteiger partial charge in [-0.15, -0.1) is 0 Å². The van der Waals surface area contributed by atoms with Crippen molar-refractivity contribution >= 4 is 35.1 Å². The SMILES string of the molecule is NCc1nc2ncccc2o1.O=C(O)C(F)(F)F.O=C(O)C(F)(F)F.O=C(O)C(F)(F)F.O=C(O)C(F)(F)F. The van der Waals surface area contributed by atoms with Crippen molar-refractivity contribution < 1.29 is 96.7 Å². The second kappa shape index (κ2) is 15.8. The number of alkyl halides is 12. The molecule has 0 aromatic carbocycles. The van der Waals surface area contributed by atoms with Gasteiger partial charge in [-0.05, 0) is 12.1 Å². The van der Waals surface area contributed by atoms with Gasteiger partial charge in [0.25, 0.3) is 0 Å². The molecule has 2 aromatic rings. The Morgan fingerprint density at radius 3 is 1.18 bits per heavy atom. The van der Waals surface area contributed by atoms with Crippen LogP contribution in [0.15, 0.2) is 22.7 Å². The summed E-state index contributed by atoms with van der Waals surface area (Å²) in [6.07, 6.45) is -18.7. The molecule has 39 heavy (non-hydrogen) atoms. The molecule has 0 aliphatic rings. The number of carbonyl (C=O) groups is 4. The summed E-state index contributed by atoms with van der Waals surface area (Å²) in [5.41, 5.74) is 6.64. The van der Waals surface area contributed by atoms with Crippen molar-refractivity contribution in [1.82, 2.24) is 9.97 Å². The van der Waals surface area contributed by atoms with Crippen LogP contribution in [0.3, 0.4) is 0 Å². The van der Waals surface area contributed by atoms with Crippen LogP contribution in [0.5, 0.6) is 0 Å². The zero-order valence-electron chi connectivity index (χ0n) is 17.8. The molecule has 2 heterocycles. The van der Waals surface area contributed by atoms with Crippen LogP contribution < -0.4 is 5.73 Å². The van der Waals surface area contributed by atoms with E-state index in [0.717, 1.165) is 0 Å². The summed E-state index contributed by atoms with van der Waals surface area (Å²) >= 11 is 0. The van der Waals surface area contributed by atoms with Crippen molar-refractivity contribution in [3.8, 4) is 0 Å². The smallest absolute Gasteiger partial charge is 0.475 e. The summed E-state index contributed by atoms with van der Waals surface area (Å²) in [7, 11) is 0. The minimum absolute atomic E-state index is 0.316. The van der Waals surface area contributed by atoms with E-state index in [1.165, 1.54) is 0 Å². The first-order valence-corrected chi connectivity index (χ1v) is 8.28. The molecule has 12 nitrogen and oxygen atoms in total. The van der Waals surface area contributed by atoms with Crippen molar-refractivity contribution in [3.05, 3.63) is 24.2 Å². The van der Waals surface area contributed by atoms with Gasteiger partial charge in [0.1, 0.15) is 0 Å². The zero-order valence-corrected chi connectivity index (χ0v) is 17.8. The molecule has 0 aliphatic heterocycles. The van der Waals surface area contributed by atoms with Gasteiger partial charge >= 0.3 is 48.6 Å². The zero-order chi connectivity index (χ0) is 32.0. The molecule has 0 saturated heterocycles. The summed E-state index contributed by atoms with van der Waals surface area (Å²) in [5, 5.41) is 28.5. The van der Waals surface area contributed by atoms with Crippen LogP contribution in [-0.2, 0) is 25.7 Å². The molecule has 0 radical (unpaired) electrons. The molecule has 0 fully saturated rings. The number of hydrogen-bond donors (Lipinski definition) is 5. The predicted octanol–water partition coefficient (Wildman–Crippen LogP) is 3.21. The van der Waals surface area contributed by atoms with E-state index in [0.29, 0.717) is 23.7 Å². The number of halogens is 12. The summed E-state index contributed by atoms with van der Waals surface area (Å²) in [4.78, 5) is 43.6. The highest BCUT2D eigenvalue weighted by Gasteiger charge is 2.39. The van der Waals surface area contributed by atoms with Crippen molar-refractivity contribution in [3.63, 3.8) is 0 Å². The lowest BCUT2D eigenvalue weighted by atomic mass is 10.5. The van der Waals surface area contributed by atoms with Gasteiger partial charge in [-0.2, -0.15) is 57.7 Å². The number of carboxylic acids is 4. The van der Waals surface area contributed by atoms with Crippen LogP contribution in [0, 0.1) is 0 Å². The molecule has 0 aliphatic carbocycles. The minimum atomic E-state index is -5.08. The van der Waals surface area contributed by atoms with Crippen molar-refractivity contribution in [2.75, 3.05) is 0 Å². The number of nitrogens with two attached hydrogens (primary N) is 1. The van der Waals surface area contributed by atoms with E-state index in [9.17, 15) is 52.7 Å². The van der Waals surface area contributed by atoms with Gasteiger partial charge in [0.05, 0.1) is 6.54 Å². The molecule has 0 spiro atoms. The molecule has 24 heteroatoms. The van der Waals surface area contributed by atoms with Gasteiger partial charge in [0.15, 0.2) is 11.2 Å². The molecule has 0 saturated carbocycles. The number of carboxylic acid groups (broad SMARTS) is 4. The third-order valence-electron chi connectivity index (χ3n) is 2.35. The van der Waals surface area contributed by atoms with Crippen LogP contribution in [-0.4, -0.2) is 79.0 Å². The molecule has 224 valence electrons. The van der Waals surface area contributed by atoms with Crippen molar-refractivity contribution in [1.29, 1.82) is 0 Å². The Kier molecular flexibility index (Phi) is 15.8. The molecule has 0 atom stereocenters. The highest BCUT2D eigenvalue weighted by molar-refractivity contribution is 5.74. The van der Waals surface area contributed by atoms with Crippen LogP contribution in [0.2, 0.25) is 0 Å². The highest BCUT2D eigenvalue weighted by Crippen LogP contribution is 2.15. The third-order valence-corrected chi connectivity index (χ3v) is 2.35. The molecule has 0 unspecified atom stereocenters. The lowest BCUT2D eigenvalue weighted by Crippen LogP contribution is -2.21. The molecule has 6 N–H and O–H groups in total. The van der Waals surface area contributed by atoms with E-state index in [-0.39, 0.29) is 0 Å². The van der Waals surface area contributed by atoms with Gasteiger partial charge in [-0.3, -0.25) is 0 Å². The van der Waals surface area contributed by atoms with Gasteiger partial charge in [0, 0.05) is 6.20 Å². The average Bonchev–Trinajstić information content (AvgIpc) is 3.16. The van der Waals surface area contributed by atoms with Gasteiger partial charge in [0.2, 0.25) is 5.89 Å². The Bertz CT molecular complexity index is 947. The largest absolute Gasteiger partial charge is 0.490 e. The first kappa shape index (κ1) is 39.1. The van der Waals surface area contributed by atoms with Crippen LogP contribution in [0.25, 0.3) is 11.2 Å². The first-order chi connectivity index (χ1) is 17.2. The van der Waals surface area contributed by atoms with Gasteiger partial charge in [-0.25, -0.2) is 24.2 Å². The number of hydrogen-bond acceptors (Lipinski definition) is 8.